The Morgan fingerprint density at radius 2 is 2.13 bits per heavy atom. The highest BCUT2D eigenvalue weighted by atomic mass is 79.9. The Morgan fingerprint density at radius 1 is 1.47 bits per heavy atom. The number of aliphatic hydroxyl groups is 1. The van der Waals surface area contributed by atoms with Crippen LogP contribution in [-0.2, 0) is 12.1 Å². The number of nitrogens with zero attached hydrogens (tertiary/aromatic N) is 2. The van der Waals surface area contributed by atoms with Crippen LogP contribution >= 0.6 is 15.9 Å². The molecule has 0 aliphatic heterocycles. The molecule has 1 N–H and O–H groups in total. The molecule has 0 amide bonds. The zero-order valence-electron chi connectivity index (χ0n) is 9.63. The van der Waals surface area contributed by atoms with Crippen molar-refractivity contribution in [2.75, 3.05) is 0 Å². The minimum atomic E-state index is -0.792. The maximum atomic E-state index is 10.4. The molecule has 1 rings (SSSR count). The molecule has 0 bridgehead atoms. The average molecular weight is 275 g/mol. The minimum absolute atomic E-state index is 0.751. The van der Waals surface area contributed by atoms with E-state index in [9.17, 15) is 5.11 Å². The zero-order valence-corrected chi connectivity index (χ0v) is 11.2. The molecule has 1 unspecified atom stereocenters. The number of aryl methyl sites for hydroxylation is 1. The zero-order chi connectivity index (χ0) is 11.5. The molecular formula is C11H19BrN2O. The number of hydrogen-bond donors (Lipinski definition) is 1. The number of rotatable bonds is 5. The molecule has 0 aliphatic rings. The van der Waals surface area contributed by atoms with Gasteiger partial charge in [0.25, 0.3) is 0 Å². The van der Waals surface area contributed by atoms with Gasteiger partial charge in [0.2, 0.25) is 0 Å². The topological polar surface area (TPSA) is 38.0 Å². The summed E-state index contributed by atoms with van der Waals surface area (Å²) in [6.07, 6.45) is 4.48. The fraction of sp³-hybridized carbons (Fsp3) is 0.727. The first-order valence-corrected chi connectivity index (χ1v) is 6.26. The van der Waals surface area contributed by atoms with Gasteiger partial charge in [-0.3, -0.25) is 4.68 Å². The molecular weight excluding hydrogens is 256 g/mol. The molecule has 15 heavy (non-hydrogen) atoms. The summed E-state index contributed by atoms with van der Waals surface area (Å²) in [6.45, 7) is 6.88. The molecule has 1 atom stereocenters. The predicted octanol–water partition coefficient (Wildman–Crippen LogP) is 3.06. The summed E-state index contributed by atoms with van der Waals surface area (Å²) in [5.74, 6) is 0. The highest BCUT2D eigenvalue weighted by Crippen LogP contribution is 2.31. The van der Waals surface area contributed by atoms with E-state index >= 15 is 0 Å². The van der Waals surface area contributed by atoms with Gasteiger partial charge in [0.05, 0.1) is 16.4 Å². The van der Waals surface area contributed by atoms with E-state index in [0.717, 1.165) is 36.0 Å². The summed E-state index contributed by atoms with van der Waals surface area (Å²) in [5.41, 5.74) is 0.102. The lowest BCUT2D eigenvalue weighted by Gasteiger charge is -2.24. The second-order valence-corrected chi connectivity index (χ2v) is 4.94. The van der Waals surface area contributed by atoms with Crippen LogP contribution in [-0.4, -0.2) is 14.9 Å². The van der Waals surface area contributed by atoms with Crippen LogP contribution in [0.2, 0.25) is 0 Å². The lowest BCUT2D eigenvalue weighted by Crippen LogP contribution is -2.26. The van der Waals surface area contributed by atoms with Crippen molar-refractivity contribution < 1.29 is 5.11 Å². The van der Waals surface area contributed by atoms with E-state index in [4.69, 9.17) is 0 Å². The van der Waals surface area contributed by atoms with E-state index in [-0.39, 0.29) is 0 Å². The molecule has 0 saturated heterocycles. The first kappa shape index (κ1) is 12.7. The van der Waals surface area contributed by atoms with Gasteiger partial charge in [-0.05, 0) is 35.7 Å². The van der Waals surface area contributed by atoms with Gasteiger partial charge in [-0.2, -0.15) is 5.10 Å². The van der Waals surface area contributed by atoms with Crippen molar-refractivity contribution in [3.63, 3.8) is 0 Å². The van der Waals surface area contributed by atoms with Crippen LogP contribution in [0.4, 0.5) is 0 Å². The summed E-state index contributed by atoms with van der Waals surface area (Å²) in [7, 11) is 0. The summed E-state index contributed by atoms with van der Waals surface area (Å²) in [6, 6.07) is 0. The van der Waals surface area contributed by atoms with Gasteiger partial charge in [0.1, 0.15) is 5.60 Å². The molecule has 0 aliphatic carbocycles. The lowest BCUT2D eigenvalue weighted by molar-refractivity contribution is 0.0367. The Bertz CT molecular complexity index is 320. The molecule has 86 valence electrons. The van der Waals surface area contributed by atoms with Gasteiger partial charge in [-0.25, -0.2) is 0 Å². The summed E-state index contributed by atoms with van der Waals surface area (Å²) in [4.78, 5) is 0. The maximum absolute atomic E-state index is 10.4. The van der Waals surface area contributed by atoms with E-state index in [2.05, 4.69) is 34.9 Å². The van der Waals surface area contributed by atoms with Crippen LogP contribution < -0.4 is 0 Å². The van der Waals surface area contributed by atoms with Crippen LogP contribution in [0.25, 0.3) is 0 Å². The van der Waals surface area contributed by atoms with E-state index in [1.165, 1.54) is 0 Å². The summed E-state index contributed by atoms with van der Waals surface area (Å²) in [5, 5.41) is 14.6. The van der Waals surface area contributed by atoms with Gasteiger partial charge in [-0.1, -0.05) is 20.3 Å². The quantitative estimate of drug-likeness (QED) is 0.896. The van der Waals surface area contributed by atoms with Gasteiger partial charge in [0, 0.05) is 6.54 Å². The maximum Gasteiger partial charge on any atom is 0.105 e. The third-order valence-corrected chi connectivity index (χ3v) is 3.06. The third-order valence-electron chi connectivity index (χ3n) is 2.48. The molecule has 0 saturated carbocycles. The van der Waals surface area contributed by atoms with Crippen LogP contribution in [0, 0.1) is 0 Å². The van der Waals surface area contributed by atoms with Crippen molar-refractivity contribution in [3.05, 3.63) is 16.4 Å². The van der Waals surface area contributed by atoms with Crippen LogP contribution in [0.15, 0.2) is 10.7 Å². The Balaban J connectivity index is 3.04. The molecule has 3 nitrogen and oxygen atoms in total. The van der Waals surface area contributed by atoms with Crippen molar-refractivity contribution in [1.29, 1.82) is 0 Å². The fourth-order valence-corrected chi connectivity index (χ4v) is 2.61. The molecule has 0 fully saturated rings. The smallest absolute Gasteiger partial charge is 0.105 e. The van der Waals surface area contributed by atoms with Crippen molar-refractivity contribution in [2.45, 2.75) is 52.2 Å². The monoisotopic (exact) mass is 274 g/mol. The molecule has 0 radical (unpaired) electrons. The van der Waals surface area contributed by atoms with E-state index in [1.54, 1.807) is 6.20 Å². The van der Waals surface area contributed by atoms with E-state index in [1.807, 2.05) is 11.6 Å². The Labute approximate surface area is 99.6 Å². The van der Waals surface area contributed by atoms with Gasteiger partial charge in [-0.15, -0.1) is 0 Å². The van der Waals surface area contributed by atoms with Crippen LogP contribution in [0.3, 0.4) is 0 Å². The molecule has 1 aromatic rings. The van der Waals surface area contributed by atoms with Crippen molar-refractivity contribution in [3.8, 4) is 0 Å². The third kappa shape index (κ3) is 2.82. The first-order valence-electron chi connectivity index (χ1n) is 5.47. The summed E-state index contributed by atoms with van der Waals surface area (Å²) < 4.78 is 2.79. The predicted molar refractivity (Wildman–Crippen MR) is 64.7 cm³/mol. The van der Waals surface area contributed by atoms with E-state index < -0.39 is 5.60 Å². The number of halogens is 1. The molecule has 0 aromatic carbocycles. The second-order valence-electron chi connectivity index (χ2n) is 4.09. The van der Waals surface area contributed by atoms with Crippen LogP contribution in [0.1, 0.15) is 45.7 Å². The second kappa shape index (κ2) is 5.12. The number of aromatic nitrogens is 2. The number of hydrogen-bond acceptors (Lipinski definition) is 2. The lowest BCUT2D eigenvalue weighted by atomic mass is 9.96. The highest BCUT2D eigenvalue weighted by molar-refractivity contribution is 9.10. The van der Waals surface area contributed by atoms with Gasteiger partial charge in [0.15, 0.2) is 0 Å². The van der Waals surface area contributed by atoms with Crippen molar-refractivity contribution >= 4 is 15.9 Å². The Kier molecular flexibility index (Phi) is 4.34. The first-order chi connectivity index (χ1) is 7.03. The van der Waals surface area contributed by atoms with Crippen molar-refractivity contribution in [2.24, 2.45) is 0 Å². The minimum Gasteiger partial charge on any atom is -0.384 e. The molecule has 4 heteroatoms. The molecule has 0 spiro atoms. The average Bonchev–Trinajstić information content (AvgIpc) is 2.48. The Hall–Kier alpha value is -0.350. The van der Waals surface area contributed by atoms with E-state index in [0.29, 0.717) is 0 Å². The highest BCUT2D eigenvalue weighted by Gasteiger charge is 2.28. The summed E-state index contributed by atoms with van der Waals surface area (Å²) >= 11 is 3.45. The normalized spacial score (nSPS) is 15.3. The molecule has 1 heterocycles. The van der Waals surface area contributed by atoms with Gasteiger partial charge >= 0.3 is 0 Å². The van der Waals surface area contributed by atoms with Crippen molar-refractivity contribution in [1.82, 2.24) is 9.78 Å². The molecule has 1 aromatic heterocycles. The fourth-order valence-electron chi connectivity index (χ4n) is 1.88. The SMILES string of the molecule is CCCn1ncc(Br)c1C(C)(O)CCC. The Morgan fingerprint density at radius 3 is 2.67 bits per heavy atom. The largest absolute Gasteiger partial charge is 0.384 e. The van der Waals surface area contributed by atoms with Crippen LogP contribution in [0.5, 0.6) is 0 Å². The standard InChI is InChI=1S/C11H19BrN2O/c1-4-6-11(3,15)10-9(12)8-13-14(10)7-5-2/h8,15H,4-7H2,1-3H3. The van der Waals surface area contributed by atoms with Gasteiger partial charge < -0.3 is 5.11 Å².